The van der Waals surface area contributed by atoms with Crippen molar-refractivity contribution in [3.63, 3.8) is 0 Å². The van der Waals surface area contributed by atoms with E-state index in [9.17, 15) is 4.79 Å². The second-order valence-corrected chi connectivity index (χ2v) is 5.88. The Morgan fingerprint density at radius 2 is 2.09 bits per heavy atom. The van der Waals surface area contributed by atoms with Gasteiger partial charge in [0.25, 0.3) is 5.91 Å². The number of nitrogens with zero attached hydrogens (tertiary/aromatic N) is 1. The molecule has 0 aliphatic carbocycles. The van der Waals surface area contributed by atoms with Crippen molar-refractivity contribution in [3.8, 4) is 16.3 Å². The van der Waals surface area contributed by atoms with Gasteiger partial charge in [0, 0.05) is 21.7 Å². The molecule has 2 N–H and O–H groups in total. The minimum absolute atomic E-state index is 0.266. The van der Waals surface area contributed by atoms with Gasteiger partial charge in [-0.1, -0.05) is 18.2 Å². The number of nitrogens with two attached hydrogens (primary N) is 1. The number of primary amides is 1. The highest BCUT2D eigenvalue weighted by atomic mass is 32.1. The lowest BCUT2D eigenvalue weighted by atomic mass is 10.1. The van der Waals surface area contributed by atoms with Gasteiger partial charge in [-0.05, 0) is 18.2 Å². The Labute approximate surface area is 135 Å². The molecule has 4 rings (SSSR count). The number of para-hydroxylation sites is 1. The summed E-state index contributed by atoms with van der Waals surface area (Å²) >= 11 is 1.38. The summed E-state index contributed by atoms with van der Waals surface area (Å²) in [5, 5.41) is 4.28. The topological polar surface area (TPSA) is 78.4 Å². The molecule has 0 aliphatic heterocycles. The van der Waals surface area contributed by atoms with Crippen molar-refractivity contribution in [2.75, 3.05) is 7.11 Å². The van der Waals surface area contributed by atoms with Crippen LogP contribution >= 0.6 is 11.3 Å². The molecule has 4 aromatic rings. The van der Waals surface area contributed by atoms with E-state index in [1.807, 2.05) is 36.4 Å². The zero-order valence-corrected chi connectivity index (χ0v) is 13.0. The largest absolute Gasteiger partial charge is 0.493 e. The fourth-order valence-electron chi connectivity index (χ4n) is 2.65. The Morgan fingerprint density at radius 3 is 2.83 bits per heavy atom. The van der Waals surface area contributed by atoms with E-state index in [0.29, 0.717) is 11.3 Å². The van der Waals surface area contributed by atoms with Gasteiger partial charge in [-0.25, -0.2) is 4.98 Å². The summed E-state index contributed by atoms with van der Waals surface area (Å²) in [7, 11) is 1.61. The van der Waals surface area contributed by atoms with Crippen molar-refractivity contribution >= 4 is 39.2 Å². The van der Waals surface area contributed by atoms with E-state index in [2.05, 4.69) is 4.98 Å². The van der Waals surface area contributed by atoms with Crippen LogP contribution in [0.25, 0.3) is 32.5 Å². The number of furan rings is 1. The summed E-state index contributed by atoms with van der Waals surface area (Å²) in [5.74, 6) is 0.126. The van der Waals surface area contributed by atoms with Crippen LogP contribution in [-0.4, -0.2) is 18.0 Å². The van der Waals surface area contributed by atoms with E-state index in [1.165, 1.54) is 11.3 Å². The van der Waals surface area contributed by atoms with Crippen LogP contribution < -0.4 is 10.5 Å². The Morgan fingerprint density at radius 1 is 1.26 bits per heavy atom. The number of methoxy groups -OCH3 is 1. The molecule has 114 valence electrons. The maximum atomic E-state index is 11.3. The fourth-order valence-corrected chi connectivity index (χ4v) is 3.49. The highest BCUT2D eigenvalue weighted by molar-refractivity contribution is 7.13. The van der Waals surface area contributed by atoms with Crippen molar-refractivity contribution in [1.29, 1.82) is 0 Å². The second-order valence-electron chi connectivity index (χ2n) is 5.02. The first-order chi connectivity index (χ1) is 11.2. The summed E-state index contributed by atoms with van der Waals surface area (Å²) < 4.78 is 11.4. The van der Waals surface area contributed by atoms with Crippen molar-refractivity contribution < 1.29 is 13.9 Å². The molecule has 0 saturated heterocycles. The highest BCUT2D eigenvalue weighted by Crippen LogP contribution is 2.41. The molecule has 0 fully saturated rings. The molecular weight excluding hydrogens is 312 g/mol. The fraction of sp³-hybridized carbons (Fsp3) is 0.0588. The van der Waals surface area contributed by atoms with Crippen LogP contribution in [0.3, 0.4) is 0 Å². The maximum Gasteiger partial charge on any atom is 0.268 e. The standard InChI is InChI=1S/C17H12N2O3S/c1-21-13-7-6-10(17-19-11(8-23-17)16(18)20)14-9-4-2-3-5-12(9)22-15(13)14/h2-8H,1H3,(H2,18,20). The van der Waals surface area contributed by atoms with E-state index >= 15 is 0 Å². The number of carbonyl (C=O) groups is 1. The molecule has 2 aromatic carbocycles. The first-order valence-corrected chi connectivity index (χ1v) is 7.81. The van der Waals surface area contributed by atoms with Gasteiger partial charge >= 0.3 is 0 Å². The van der Waals surface area contributed by atoms with Crippen LogP contribution in [0.5, 0.6) is 5.75 Å². The maximum absolute atomic E-state index is 11.3. The zero-order valence-electron chi connectivity index (χ0n) is 12.2. The Bertz CT molecular complexity index is 1050. The van der Waals surface area contributed by atoms with Crippen molar-refractivity contribution in [2.45, 2.75) is 0 Å². The number of rotatable bonds is 3. The summed E-state index contributed by atoms with van der Waals surface area (Å²) in [4.78, 5) is 15.6. The van der Waals surface area contributed by atoms with Gasteiger partial charge < -0.3 is 14.9 Å². The predicted molar refractivity (Wildman–Crippen MR) is 89.9 cm³/mol. The SMILES string of the molecule is COc1ccc(-c2nc(C(N)=O)cs2)c2c1oc1ccccc12. The lowest BCUT2D eigenvalue weighted by Gasteiger charge is -2.04. The number of hydrogen-bond donors (Lipinski definition) is 1. The van der Waals surface area contributed by atoms with Gasteiger partial charge in [0.05, 0.1) is 7.11 Å². The first kappa shape index (κ1) is 13.8. The average molecular weight is 324 g/mol. The van der Waals surface area contributed by atoms with Crippen LogP contribution in [0.2, 0.25) is 0 Å². The number of amides is 1. The molecule has 0 bridgehead atoms. The van der Waals surface area contributed by atoms with Crippen LogP contribution in [0, 0.1) is 0 Å². The normalized spacial score (nSPS) is 11.2. The van der Waals surface area contributed by atoms with Crippen molar-refractivity contribution in [3.05, 3.63) is 47.5 Å². The molecule has 6 heteroatoms. The summed E-state index contributed by atoms with van der Waals surface area (Å²) in [6.07, 6.45) is 0. The predicted octanol–water partition coefficient (Wildman–Crippen LogP) is 3.82. The van der Waals surface area contributed by atoms with Crippen LogP contribution in [0.4, 0.5) is 0 Å². The van der Waals surface area contributed by atoms with Crippen molar-refractivity contribution in [1.82, 2.24) is 4.98 Å². The molecule has 0 unspecified atom stereocenters. The lowest BCUT2D eigenvalue weighted by molar-refractivity contribution is 0.0996. The summed E-state index contributed by atoms with van der Waals surface area (Å²) in [6, 6.07) is 11.5. The van der Waals surface area contributed by atoms with Crippen LogP contribution in [-0.2, 0) is 0 Å². The quantitative estimate of drug-likeness (QED) is 0.621. The van der Waals surface area contributed by atoms with Crippen LogP contribution in [0.1, 0.15) is 10.5 Å². The average Bonchev–Trinajstić information content (AvgIpc) is 3.19. The molecule has 23 heavy (non-hydrogen) atoms. The lowest BCUT2D eigenvalue weighted by Crippen LogP contribution is -2.10. The minimum Gasteiger partial charge on any atom is -0.493 e. The summed E-state index contributed by atoms with van der Waals surface area (Å²) in [5.41, 5.74) is 7.90. The van der Waals surface area contributed by atoms with E-state index in [1.54, 1.807) is 12.5 Å². The Hall–Kier alpha value is -2.86. The van der Waals surface area contributed by atoms with Gasteiger partial charge in [-0.2, -0.15) is 0 Å². The molecule has 0 saturated carbocycles. The molecule has 0 spiro atoms. The van der Waals surface area contributed by atoms with Gasteiger partial charge in [0.1, 0.15) is 16.3 Å². The third kappa shape index (κ3) is 2.07. The molecule has 2 heterocycles. The smallest absolute Gasteiger partial charge is 0.268 e. The number of thiazole rings is 1. The number of hydrogen-bond acceptors (Lipinski definition) is 5. The second kappa shape index (κ2) is 5.10. The van der Waals surface area contributed by atoms with Crippen molar-refractivity contribution in [2.24, 2.45) is 5.73 Å². The molecule has 5 nitrogen and oxygen atoms in total. The molecular formula is C17H12N2O3S. The van der Waals surface area contributed by atoms with E-state index in [-0.39, 0.29) is 5.69 Å². The number of aromatic nitrogens is 1. The Balaban J connectivity index is 2.08. The van der Waals surface area contributed by atoms with Gasteiger partial charge in [-0.15, -0.1) is 11.3 Å². The highest BCUT2D eigenvalue weighted by Gasteiger charge is 2.18. The molecule has 0 atom stereocenters. The van der Waals surface area contributed by atoms with E-state index in [4.69, 9.17) is 14.9 Å². The van der Waals surface area contributed by atoms with Gasteiger partial charge in [0.2, 0.25) is 0 Å². The van der Waals surface area contributed by atoms with Crippen LogP contribution in [0.15, 0.2) is 46.2 Å². The van der Waals surface area contributed by atoms with E-state index < -0.39 is 5.91 Å². The van der Waals surface area contributed by atoms with Gasteiger partial charge in [-0.3, -0.25) is 4.79 Å². The number of carbonyl (C=O) groups excluding carboxylic acids is 1. The minimum atomic E-state index is -0.533. The Kier molecular flexibility index (Phi) is 3.06. The third-order valence-corrected chi connectivity index (χ3v) is 4.57. The molecule has 0 aliphatic rings. The number of fused-ring (bicyclic) bond motifs is 3. The summed E-state index contributed by atoms with van der Waals surface area (Å²) in [6.45, 7) is 0. The molecule has 0 radical (unpaired) electrons. The molecule has 2 aromatic heterocycles. The third-order valence-electron chi connectivity index (χ3n) is 3.70. The number of benzene rings is 2. The first-order valence-electron chi connectivity index (χ1n) is 6.93. The van der Waals surface area contributed by atoms with E-state index in [0.717, 1.165) is 26.9 Å². The number of ether oxygens (including phenoxy) is 1. The zero-order chi connectivity index (χ0) is 16.0. The van der Waals surface area contributed by atoms with Gasteiger partial charge in [0.15, 0.2) is 11.3 Å². The monoisotopic (exact) mass is 324 g/mol. The molecule has 1 amide bonds.